The molecule has 4 rings (SSSR count). The fraction of sp³-hybridized carbons (Fsp3) is 0.320. The second-order valence-corrected chi connectivity index (χ2v) is 8.30. The van der Waals surface area contributed by atoms with Crippen molar-refractivity contribution >= 4 is 6.08 Å². The minimum absolute atomic E-state index is 0.593. The molecule has 0 aliphatic heterocycles. The molecule has 7 nitrogen and oxygen atoms in total. The van der Waals surface area contributed by atoms with Crippen molar-refractivity contribution in [3.63, 3.8) is 0 Å². The van der Waals surface area contributed by atoms with E-state index in [9.17, 15) is 0 Å². The maximum absolute atomic E-state index is 4.78. The Bertz CT molecular complexity index is 1160. The molecule has 0 radical (unpaired) electrons. The van der Waals surface area contributed by atoms with Crippen LogP contribution in [0.25, 0.3) is 28.6 Å². The molecule has 0 saturated heterocycles. The van der Waals surface area contributed by atoms with Crippen molar-refractivity contribution in [3.8, 4) is 22.5 Å². The van der Waals surface area contributed by atoms with Gasteiger partial charge in [0.05, 0.1) is 6.54 Å². The average molecular weight is 428 g/mol. The molecule has 0 spiro atoms. The maximum atomic E-state index is 4.78. The van der Waals surface area contributed by atoms with Crippen LogP contribution in [0, 0.1) is 5.92 Å². The number of rotatable bonds is 9. The standard InChI is InChI=1S/C25H29N7/c1-4-5-9-24-26-23(15-10-18(2)3)29-32(24)17-19-11-13-20(14-12-19)21-7-6-8-22(16-21)25-27-30-31-28-25/h5-9,11-14,16,18H,4,10,15,17H2,1-3H3,(H,27,28,30,31). The zero-order valence-electron chi connectivity index (χ0n) is 18.9. The van der Waals surface area contributed by atoms with E-state index in [0.29, 0.717) is 18.3 Å². The fourth-order valence-corrected chi connectivity index (χ4v) is 3.49. The zero-order chi connectivity index (χ0) is 22.3. The van der Waals surface area contributed by atoms with Crippen molar-refractivity contribution in [1.82, 2.24) is 35.4 Å². The minimum atomic E-state index is 0.593. The van der Waals surface area contributed by atoms with Crippen LogP contribution in [-0.4, -0.2) is 35.4 Å². The molecule has 0 atom stereocenters. The second kappa shape index (κ2) is 10.1. The molecular formula is C25H29N7. The number of H-pyrrole nitrogens is 1. The Morgan fingerprint density at radius 3 is 2.56 bits per heavy atom. The van der Waals surface area contributed by atoms with Crippen LogP contribution in [0.15, 0.2) is 54.6 Å². The van der Waals surface area contributed by atoms with Crippen LogP contribution in [0.5, 0.6) is 0 Å². The number of hydrogen-bond acceptors (Lipinski definition) is 5. The Morgan fingerprint density at radius 2 is 1.84 bits per heavy atom. The highest BCUT2D eigenvalue weighted by Gasteiger charge is 2.10. The van der Waals surface area contributed by atoms with Crippen LogP contribution < -0.4 is 0 Å². The molecule has 0 bridgehead atoms. The van der Waals surface area contributed by atoms with Gasteiger partial charge in [-0.05, 0) is 52.8 Å². The number of nitrogens with zero attached hydrogens (tertiary/aromatic N) is 6. The Kier molecular flexibility index (Phi) is 6.84. The van der Waals surface area contributed by atoms with E-state index in [1.54, 1.807) is 0 Å². The largest absolute Gasteiger partial charge is 0.242 e. The van der Waals surface area contributed by atoms with Crippen molar-refractivity contribution in [2.45, 2.75) is 46.6 Å². The van der Waals surface area contributed by atoms with E-state index in [0.717, 1.165) is 47.6 Å². The van der Waals surface area contributed by atoms with Gasteiger partial charge in [-0.15, -0.1) is 10.2 Å². The second-order valence-electron chi connectivity index (χ2n) is 8.30. The summed E-state index contributed by atoms with van der Waals surface area (Å²) in [4.78, 5) is 4.76. The Labute approximate surface area is 188 Å². The molecule has 4 aromatic rings. The minimum Gasteiger partial charge on any atom is -0.242 e. The molecule has 0 aliphatic rings. The third kappa shape index (κ3) is 5.35. The molecule has 0 saturated carbocycles. The summed E-state index contributed by atoms with van der Waals surface area (Å²) in [6.07, 6.45) is 7.19. The molecule has 7 heteroatoms. The first-order valence-corrected chi connectivity index (χ1v) is 11.2. The van der Waals surface area contributed by atoms with Crippen LogP contribution in [0.4, 0.5) is 0 Å². The molecule has 32 heavy (non-hydrogen) atoms. The van der Waals surface area contributed by atoms with Gasteiger partial charge in [0.25, 0.3) is 0 Å². The van der Waals surface area contributed by atoms with E-state index in [-0.39, 0.29) is 0 Å². The monoisotopic (exact) mass is 427 g/mol. The number of aromatic nitrogens is 7. The van der Waals surface area contributed by atoms with Crippen LogP contribution in [-0.2, 0) is 13.0 Å². The lowest BCUT2D eigenvalue weighted by molar-refractivity contribution is 0.569. The number of tetrazole rings is 1. The van der Waals surface area contributed by atoms with Crippen molar-refractivity contribution in [3.05, 3.63) is 71.8 Å². The highest BCUT2D eigenvalue weighted by molar-refractivity contribution is 5.70. The van der Waals surface area contributed by atoms with E-state index < -0.39 is 0 Å². The van der Waals surface area contributed by atoms with Gasteiger partial charge < -0.3 is 0 Å². The lowest BCUT2D eigenvalue weighted by atomic mass is 10.0. The van der Waals surface area contributed by atoms with Gasteiger partial charge in [0.15, 0.2) is 11.6 Å². The van der Waals surface area contributed by atoms with Gasteiger partial charge in [0.1, 0.15) is 0 Å². The number of nitrogens with one attached hydrogen (secondary N) is 1. The predicted octanol–water partition coefficient (Wildman–Crippen LogP) is 5.19. The summed E-state index contributed by atoms with van der Waals surface area (Å²) in [6.45, 7) is 7.28. The lowest BCUT2D eigenvalue weighted by Crippen LogP contribution is -2.04. The summed E-state index contributed by atoms with van der Waals surface area (Å²) in [5.41, 5.74) is 4.38. The van der Waals surface area contributed by atoms with Gasteiger partial charge in [-0.25, -0.2) is 9.67 Å². The topological polar surface area (TPSA) is 85.2 Å². The third-order valence-electron chi connectivity index (χ3n) is 5.28. The van der Waals surface area contributed by atoms with Crippen molar-refractivity contribution in [2.24, 2.45) is 5.92 Å². The molecule has 0 fully saturated rings. The summed E-state index contributed by atoms with van der Waals surface area (Å²) < 4.78 is 2.01. The maximum Gasteiger partial charge on any atom is 0.204 e. The van der Waals surface area contributed by atoms with E-state index in [1.165, 1.54) is 5.56 Å². The van der Waals surface area contributed by atoms with E-state index in [4.69, 9.17) is 10.1 Å². The normalized spacial score (nSPS) is 11.6. The first-order chi connectivity index (χ1) is 15.6. The quantitative estimate of drug-likeness (QED) is 0.397. The summed E-state index contributed by atoms with van der Waals surface area (Å²) in [6, 6.07) is 16.7. The Morgan fingerprint density at radius 1 is 1.03 bits per heavy atom. The molecular weight excluding hydrogens is 398 g/mol. The summed E-state index contributed by atoms with van der Waals surface area (Å²) in [5, 5.41) is 19.1. The first kappa shape index (κ1) is 21.6. The predicted molar refractivity (Wildman–Crippen MR) is 127 cm³/mol. The summed E-state index contributed by atoms with van der Waals surface area (Å²) in [7, 11) is 0. The third-order valence-corrected chi connectivity index (χ3v) is 5.28. The zero-order valence-corrected chi connectivity index (χ0v) is 18.9. The fourth-order valence-electron chi connectivity index (χ4n) is 3.49. The van der Waals surface area contributed by atoms with Crippen molar-refractivity contribution < 1.29 is 0 Å². The highest BCUT2D eigenvalue weighted by Crippen LogP contribution is 2.24. The Hall–Kier alpha value is -3.61. The highest BCUT2D eigenvalue weighted by atomic mass is 15.5. The smallest absolute Gasteiger partial charge is 0.204 e. The number of hydrogen-bond donors (Lipinski definition) is 1. The van der Waals surface area contributed by atoms with Gasteiger partial charge in [-0.3, -0.25) is 0 Å². The Balaban J connectivity index is 1.52. The van der Waals surface area contributed by atoms with E-state index in [1.807, 2.05) is 16.8 Å². The van der Waals surface area contributed by atoms with Crippen LogP contribution >= 0.6 is 0 Å². The SMILES string of the molecule is CCC=Cc1nc(CCC(C)C)nn1Cc1ccc(-c2cccc(-c3nn[nH]n3)c2)cc1. The summed E-state index contributed by atoms with van der Waals surface area (Å²) >= 11 is 0. The number of allylic oxidation sites excluding steroid dienone is 1. The van der Waals surface area contributed by atoms with Gasteiger partial charge in [0.2, 0.25) is 5.82 Å². The molecule has 0 aliphatic carbocycles. The van der Waals surface area contributed by atoms with Gasteiger partial charge in [-0.1, -0.05) is 69.3 Å². The number of aromatic amines is 1. The molecule has 2 aromatic heterocycles. The van der Waals surface area contributed by atoms with E-state index >= 15 is 0 Å². The molecule has 2 heterocycles. The van der Waals surface area contributed by atoms with Gasteiger partial charge in [0, 0.05) is 12.0 Å². The van der Waals surface area contributed by atoms with Gasteiger partial charge in [-0.2, -0.15) is 10.3 Å². The average Bonchev–Trinajstić information content (AvgIpc) is 3.47. The lowest BCUT2D eigenvalue weighted by Gasteiger charge is -2.07. The van der Waals surface area contributed by atoms with Crippen LogP contribution in [0.1, 0.15) is 50.8 Å². The number of aryl methyl sites for hydroxylation is 1. The first-order valence-electron chi connectivity index (χ1n) is 11.2. The molecule has 1 N–H and O–H groups in total. The molecule has 0 unspecified atom stereocenters. The summed E-state index contributed by atoms with van der Waals surface area (Å²) in [5.74, 6) is 3.07. The molecule has 2 aromatic carbocycles. The van der Waals surface area contributed by atoms with Crippen LogP contribution in [0.2, 0.25) is 0 Å². The van der Waals surface area contributed by atoms with E-state index in [2.05, 4.69) is 89.9 Å². The van der Waals surface area contributed by atoms with Crippen molar-refractivity contribution in [2.75, 3.05) is 0 Å². The van der Waals surface area contributed by atoms with Crippen LogP contribution in [0.3, 0.4) is 0 Å². The van der Waals surface area contributed by atoms with Gasteiger partial charge >= 0.3 is 0 Å². The molecule has 0 amide bonds. The van der Waals surface area contributed by atoms with Crippen molar-refractivity contribution in [1.29, 1.82) is 0 Å². The molecule has 164 valence electrons. The number of benzene rings is 2.